The molecule has 0 spiro atoms. The Hall–Kier alpha value is -2.07. The van der Waals surface area contributed by atoms with Gasteiger partial charge in [0.05, 0.1) is 6.54 Å². The molecular formula is C8H7N5O. The van der Waals surface area contributed by atoms with Gasteiger partial charge in [0.25, 0.3) is 0 Å². The van der Waals surface area contributed by atoms with Gasteiger partial charge in [0.15, 0.2) is 0 Å². The van der Waals surface area contributed by atoms with Gasteiger partial charge in [-0.2, -0.15) is 10.3 Å². The molecule has 2 aromatic rings. The van der Waals surface area contributed by atoms with Crippen LogP contribution in [0.4, 0.5) is 0 Å². The number of hydrogen-bond acceptors (Lipinski definition) is 5. The molecule has 0 unspecified atom stereocenters. The molecule has 6 nitrogen and oxygen atoms in total. The second-order valence-corrected chi connectivity index (χ2v) is 2.73. The third kappa shape index (κ3) is 1.65. The summed E-state index contributed by atoms with van der Waals surface area (Å²) in [6.07, 6.45) is 3.85. The van der Waals surface area contributed by atoms with Gasteiger partial charge in [-0.25, -0.2) is 14.8 Å². The van der Waals surface area contributed by atoms with Crippen LogP contribution in [-0.2, 0) is 11.2 Å². The van der Waals surface area contributed by atoms with Gasteiger partial charge in [-0.05, 0) is 18.1 Å². The van der Waals surface area contributed by atoms with Crippen LogP contribution in [-0.4, -0.2) is 33.0 Å². The molecule has 0 aromatic carbocycles. The molecule has 0 aliphatic heterocycles. The van der Waals surface area contributed by atoms with Crippen LogP contribution in [0.5, 0.6) is 0 Å². The molecule has 0 atom stereocenters. The van der Waals surface area contributed by atoms with Crippen molar-refractivity contribution in [1.82, 2.24) is 20.4 Å². The van der Waals surface area contributed by atoms with E-state index < -0.39 is 0 Å². The second kappa shape index (κ2) is 3.76. The lowest BCUT2D eigenvalue weighted by Gasteiger charge is -1.94. The van der Waals surface area contributed by atoms with Crippen LogP contribution in [0.2, 0.25) is 0 Å². The highest BCUT2D eigenvalue weighted by atomic mass is 16.1. The van der Waals surface area contributed by atoms with Gasteiger partial charge in [-0.3, -0.25) is 0 Å². The van der Waals surface area contributed by atoms with E-state index >= 15 is 0 Å². The van der Waals surface area contributed by atoms with Gasteiger partial charge in [0.1, 0.15) is 5.52 Å². The summed E-state index contributed by atoms with van der Waals surface area (Å²) in [7, 11) is 0. The van der Waals surface area contributed by atoms with E-state index in [1.165, 1.54) is 6.08 Å². The smallest absolute Gasteiger partial charge is 0.233 e. The Morgan fingerprint density at radius 3 is 3.29 bits per heavy atom. The van der Waals surface area contributed by atoms with E-state index in [1.807, 2.05) is 6.07 Å². The molecule has 2 rings (SSSR count). The van der Waals surface area contributed by atoms with Gasteiger partial charge in [-0.1, -0.05) is 0 Å². The Labute approximate surface area is 79.1 Å². The van der Waals surface area contributed by atoms with Gasteiger partial charge in [-0.15, -0.1) is 5.10 Å². The zero-order chi connectivity index (χ0) is 9.80. The first-order valence-electron chi connectivity index (χ1n) is 4.09. The third-order valence-corrected chi connectivity index (χ3v) is 1.81. The average molecular weight is 189 g/mol. The SMILES string of the molecule is O=C=NCCc1cnc2n[nH]nc2c1. The zero-order valence-electron chi connectivity index (χ0n) is 7.27. The van der Waals surface area contributed by atoms with Crippen LogP contribution in [0.1, 0.15) is 5.56 Å². The molecule has 0 aliphatic carbocycles. The summed E-state index contributed by atoms with van der Waals surface area (Å²) in [6.45, 7) is 0.425. The summed E-state index contributed by atoms with van der Waals surface area (Å²) in [5, 5.41) is 10.2. The first kappa shape index (κ1) is 8.52. The molecule has 0 fully saturated rings. The summed E-state index contributed by atoms with van der Waals surface area (Å²) in [5.74, 6) is 0. The zero-order valence-corrected chi connectivity index (χ0v) is 7.27. The van der Waals surface area contributed by atoms with Crippen molar-refractivity contribution < 1.29 is 4.79 Å². The fraction of sp³-hybridized carbons (Fsp3) is 0.250. The lowest BCUT2D eigenvalue weighted by molar-refractivity contribution is 0.563. The van der Waals surface area contributed by atoms with E-state index in [2.05, 4.69) is 25.4 Å². The van der Waals surface area contributed by atoms with Gasteiger partial charge in [0.2, 0.25) is 11.7 Å². The Morgan fingerprint density at radius 1 is 1.50 bits per heavy atom. The van der Waals surface area contributed by atoms with Crippen LogP contribution in [0.15, 0.2) is 17.3 Å². The highest BCUT2D eigenvalue weighted by Crippen LogP contribution is 2.07. The van der Waals surface area contributed by atoms with Crippen LogP contribution in [0.3, 0.4) is 0 Å². The molecule has 0 aliphatic rings. The van der Waals surface area contributed by atoms with Crippen molar-refractivity contribution in [3.63, 3.8) is 0 Å². The minimum absolute atomic E-state index is 0.425. The summed E-state index contributed by atoms with van der Waals surface area (Å²) in [6, 6.07) is 1.87. The Bertz CT molecular complexity index is 485. The Kier molecular flexibility index (Phi) is 2.29. The van der Waals surface area contributed by atoms with Crippen LogP contribution >= 0.6 is 0 Å². The standard InChI is InChI=1S/C8H7N5O/c14-5-9-2-1-6-3-7-8(10-4-6)12-13-11-7/h3-4H,1-2H2,(H,10,11,12,13). The van der Waals surface area contributed by atoms with Crippen molar-refractivity contribution in [1.29, 1.82) is 0 Å². The molecule has 70 valence electrons. The van der Waals surface area contributed by atoms with E-state index in [-0.39, 0.29) is 0 Å². The van der Waals surface area contributed by atoms with Crippen molar-refractivity contribution >= 4 is 17.2 Å². The lowest BCUT2D eigenvalue weighted by atomic mass is 10.2. The van der Waals surface area contributed by atoms with Crippen molar-refractivity contribution in [3.05, 3.63) is 17.8 Å². The highest BCUT2D eigenvalue weighted by molar-refractivity contribution is 5.68. The molecule has 6 heteroatoms. The monoisotopic (exact) mass is 189 g/mol. The minimum Gasteiger partial charge on any atom is -0.233 e. The van der Waals surface area contributed by atoms with E-state index in [0.29, 0.717) is 18.6 Å². The molecule has 0 amide bonds. The maximum Gasteiger partial charge on any atom is 0.234 e. The number of aromatic amines is 1. The maximum atomic E-state index is 9.83. The van der Waals surface area contributed by atoms with Crippen molar-refractivity contribution in [2.45, 2.75) is 6.42 Å². The van der Waals surface area contributed by atoms with Crippen LogP contribution in [0, 0.1) is 0 Å². The first-order chi connectivity index (χ1) is 6.90. The van der Waals surface area contributed by atoms with E-state index in [0.717, 1.165) is 11.1 Å². The van der Waals surface area contributed by atoms with E-state index in [9.17, 15) is 4.79 Å². The number of rotatable bonds is 3. The van der Waals surface area contributed by atoms with Crippen molar-refractivity contribution in [2.24, 2.45) is 4.99 Å². The lowest BCUT2D eigenvalue weighted by Crippen LogP contribution is -1.90. The number of nitrogens with zero attached hydrogens (tertiary/aromatic N) is 4. The number of aromatic nitrogens is 4. The molecule has 0 saturated carbocycles. The van der Waals surface area contributed by atoms with Gasteiger partial charge >= 0.3 is 0 Å². The normalized spacial score (nSPS) is 10.0. The number of H-pyrrole nitrogens is 1. The molecule has 14 heavy (non-hydrogen) atoms. The number of isocyanates is 1. The molecule has 2 aromatic heterocycles. The van der Waals surface area contributed by atoms with Crippen molar-refractivity contribution in [2.75, 3.05) is 6.54 Å². The number of fused-ring (bicyclic) bond motifs is 1. The Morgan fingerprint density at radius 2 is 2.43 bits per heavy atom. The number of carbonyl (C=O) groups excluding carboxylic acids is 1. The van der Waals surface area contributed by atoms with E-state index in [1.54, 1.807) is 6.20 Å². The largest absolute Gasteiger partial charge is 0.234 e. The quantitative estimate of drug-likeness (QED) is 0.553. The Balaban J connectivity index is 2.21. The number of hydrogen-bond donors (Lipinski definition) is 1. The fourth-order valence-electron chi connectivity index (χ4n) is 1.15. The van der Waals surface area contributed by atoms with E-state index in [4.69, 9.17) is 0 Å². The van der Waals surface area contributed by atoms with Crippen molar-refractivity contribution in [3.8, 4) is 0 Å². The van der Waals surface area contributed by atoms with Gasteiger partial charge in [0, 0.05) is 6.20 Å². The predicted octanol–water partition coefficient (Wildman–Crippen LogP) is 0.231. The second-order valence-electron chi connectivity index (χ2n) is 2.73. The summed E-state index contributed by atoms with van der Waals surface area (Å²) in [5.41, 5.74) is 2.29. The molecule has 0 radical (unpaired) electrons. The topological polar surface area (TPSA) is 83.9 Å². The van der Waals surface area contributed by atoms with Crippen LogP contribution < -0.4 is 0 Å². The van der Waals surface area contributed by atoms with Crippen LogP contribution in [0.25, 0.3) is 11.2 Å². The number of nitrogens with one attached hydrogen (secondary N) is 1. The maximum absolute atomic E-state index is 9.83. The summed E-state index contributed by atoms with van der Waals surface area (Å²) in [4.78, 5) is 17.4. The highest BCUT2D eigenvalue weighted by Gasteiger charge is 2.00. The third-order valence-electron chi connectivity index (χ3n) is 1.81. The molecular weight excluding hydrogens is 182 g/mol. The summed E-state index contributed by atoms with van der Waals surface area (Å²) < 4.78 is 0. The molecule has 0 bridgehead atoms. The molecule has 0 saturated heterocycles. The first-order valence-corrected chi connectivity index (χ1v) is 4.09. The fourth-order valence-corrected chi connectivity index (χ4v) is 1.15. The molecule has 2 heterocycles. The average Bonchev–Trinajstić information content (AvgIpc) is 2.65. The summed E-state index contributed by atoms with van der Waals surface area (Å²) >= 11 is 0. The van der Waals surface area contributed by atoms with Gasteiger partial charge < -0.3 is 0 Å². The number of aliphatic imine (C=N–C) groups is 1. The minimum atomic E-state index is 0.425. The predicted molar refractivity (Wildman–Crippen MR) is 48.4 cm³/mol. The number of pyridine rings is 1. The molecule has 1 N–H and O–H groups in total.